The lowest BCUT2D eigenvalue weighted by Gasteiger charge is -2.59. The number of carbonyl (C=O) groups is 2. The quantitative estimate of drug-likeness (QED) is 0.429. The van der Waals surface area contributed by atoms with Gasteiger partial charge in [0.25, 0.3) is 0 Å². The predicted octanol–water partition coefficient (Wildman–Crippen LogP) is 4.34. The minimum Gasteiger partial charge on any atom is -0.392 e. The maximum absolute atomic E-state index is 12.6. The molecule has 0 radical (unpaired) electrons. The van der Waals surface area contributed by atoms with Crippen LogP contribution < -0.4 is 0 Å². The van der Waals surface area contributed by atoms with Gasteiger partial charge in [0.05, 0.1) is 5.71 Å². The number of rotatable bonds is 3. The van der Waals surface area contributed by atoms with Crippen LogP contribution in [0, 0.1) is 34.5 Å². The largest absolute Gasteiger partial charge is 0.392 e. The molecule has 4 saturated carbocycles. The standard InChI is InChI=1S/C22H31NO3/c1-4-11-26-23-19-13-15-16-5-6-20(25)22(16,3)10-8-17(15)21(2)9-7-14(24)12-18(19)21/h4,15-18H,1,5-13H2,2-3H3/b23-19+/t15-,16-,17-,18?,21+,22-/m0/s1. The molecule has 4 aliphatic carbocycles. The van der Waals surface area contributed by atoms with E-state index in [4.69, 9.17) is 4.84 Å². The second-order valence-electron chi connectivity index (χ2n) is 9.47. The topological polar surface area (TPSA) is 55.7 Å². The van der Waals surface area contributed by atoms with Gasteiger partial charge in [-0.2, -0.15) is 0 Å². The molecule has 0 saturated heterocycles. The Morgan fingerprint density at radius 1 is 1.15 bits per heavy atom. The van der Waals surface area contributed by atoms with Gasteiger partial charge in [0.15, 0.2) is 0 Å². The molecule has 0 aliphatic heterocycles. The van der Waals surface area contributed by atoms with Crippen LogP contribution in [-0.2, 0) is 14.4 Å². The van der Waals surface area contributed by atoms with Crippen LogP contribution in [0.25, 0.3) is 0 Å². The fraction of sp³-hybridized carbons (Fsp3) is 0.773. The molecule has 26 heavy (non-hydrogen) atoms. The van der Waals surface area contributed by atoms with E-state index in [-0.39, 0.29) is 16.7 Å². The van der Waals surface area contributed by atoms with Gasteiger partial charge >= 0.3 is 0 Å². The van der Waals surface area contributed by atoms with E-state index in [1.165, 1.54) is 0 Å². The summed E-state index contributed by atoms with van der Waals surface area (Å²) in [5.41, 5.74) is 1.04. The molecule has 4 nitrogen and oxygen atoms in total. The van der Waals surface area contributed by atoms with Crippen LogP contribution in [0.3, 0.4) is 0 Å². The van der Waals surface area contributed by atoms with E-state index in [9.17, 15) is 9.59 Å². The summed E-state index contributed by atoms with van der Waals surface area (Å²) in [5.74, 6) is 2.60. The fourth-order valence-corrected chi connectivity index (χ4v) is 6.91. The fourth-order valence-electron chi connectivity index (χ4n) is 6.91. The highest BCUT2D eigenvalue weighted by molar-refractivity contribution is 5.94. The summed E-state index contributed by atoms with van der Waals surface area (Å²) in [7, 11) is 0. The molecule has 4 aliphatic rings. The van der Waals surface area contributed by atoms with Gasteiger partial charge in [-0.05, 0) is 55.3 Å². The average Bonchev–Trinajstić information content (AvgIpc) is 2.92. The van der Waals surface area contributed by atoms with Gasteiger partial charge in [0, 0.05) is 30.6 Å². The Balaban J connectivity index is 1.70. The Morgan fingerprint density at radius 2 is 1.96 bits per heavy atom. The van der Waals surface area contributed by atoms with Crippen molar-refractivity contribution in [3.63, 3.8) is 0 Å². The number of hydrogen-bond donors (Lipinski definition) is 0. The Morgan fingerprint density at radius 3 is 2.73 bits per heavy atom. The third kappa shape index (κ3) is 2.51. The molecular formula is C22H31NO3. The molecule has 4 heteroatoms. The van der Waals surface area contributed by atoms with Crippen molar-refractivity contribution in [2.45, 2.75) is 65.2 Å². The number of nitrogens with zero attached hydrogens (tertiary/aromatic N) is 1. The summed E-state index contributed by atoms with van der Waals surface area (Å²) in [4.78, 5) is 30.3. The van der Waals surface area contributed by atoms with E-state index in [2.05, 4.69) is 25.6 Å². The SMILES string of the molecule is C=CCO/N=C1\C[C@@H]2[C@H](CC[C@]3(C)C(=O)CC[C@@H]23)[C@@]2(C)CCC(=O)CC12. The van der Waals surface area contributed by atoms with Gasteiger partial charge in [0.1, 0.15) is 18.2 Å². The first-order chi connectivity index (χ1) is 12.4. The number of ketones is 2. The van der Waals surface area contributed by atoms with Crippen LogP contribution in [0.2, 0.25) is 0 Å². The summed E-state index contributed by atoms with van der Waals surface area (Å²) in [6.45, 7) is 8.67. The molecule has 0 aromatic heterocycles. The van der Waals surface area contributed by atoms with E-state index in [1.807, 2.05) is 0 Å². The highest BCUT2D eigenvalue weighted by Gasteiger charge is 2.61. The molecule has 0 heterocycles. The van der Waals surface area contributed by atoms with Crippen molar-refractivity contribution in [2.75, 3.05) is 6.61 Å². The first-order valence-electron chi connectivity index (χ1n) is 10.2. The second kappa shape index (κ2) is 6.31. The van der Waals surface area contributed by atoms with Gasteiger partial charge in [-0.1, -0.05) is 31.7 Å². The minimum atomic E-state index is -0.137. The maximum atomic E-state index is 12.6. The van der Waals surface area contributed by atoms with Crippen molar-refractivity contribution in [3.8, 4) is 0 Å². The summed E-state index contributed by atoms with van der Waals surface area (Å²) in [6, 6.07) is 0. The summed E-state index contributed by atoms with van der Waals surface area (Å²) in [6.07, 6.45) is 8.75. The summed E-state index contributed by atoms with van der Waals surface area (Å²) < 4.78 is 0. The van der Waals surface area contributed by atoms with Crippen LogP contribution >= 0.6 is 0 Å². The summed E-state index contributed by atoms with van der Waals surface area (Å²) in [5, 5.41) is 4.49. The van der Waals surface area contributed by atoms with Gasteiger partial charge < -0.3 is 4.84 Å². The molecule has 6 atom stereocenters. The number of carbonyl (C=O) groups excluding carboxylic acids is 2. The normalized spacial score (nSPS) is 46.5. The van der Waals surface area contributed by atoms with Crippen LogP contribution in [0.4, 0.5) is 0 Å². The molecule has 4 rings (SSSR count). The van der Waals surface area contributed by atoms with Crippen molar-refractivity contribution in [2.24, 2.45) is 39.7 Å². The number of fused-ring (bicyclic) bond motifs is 5. The number of oxime groups is 1. The predicted molar refractivity (Wildman–Crippen MR) is 101 cm³/mol. The molecule has 0 amide bonds. The number of Topliss-reactive ketones (excluding diaryl/α,β-unsaturated/α-hetero) is 2. The van der Waals surface area contributed by atoms with Crippen molar-refractivity contribution in [1.29, 1.82) is 0 Å². The molecule has 4 fully saturated rings. The third-order valence-electron chi connectivity index (χ3n) is 8.38. The zero-order chi connectivity index (χ0) is 18.5. The highest BCUT2D eigenvalue weighted by atomic mass is 16.6. The van der Waals surface area contributed by atoms with Crippen molar-refractivity contribution < 1.29 is 14.4 Å². The lowest BCUT2D eigenvalue weighted by molar-refractivity contribution is -0.136. The van der Waals surface area contributed by atoms with Crippen LogP contribution in [-0.4, -0.2) is 23.9 Å². The Bertz CT molecular complexity index is 668. The van der Waals surface area contributed by atoms with E-state index >= 15 is 0 Å². The van der Waals surface area contributed by atoms with Gasteiger partial charge in [-0.15, -0.1) is 0 Å². The second-order valence-corrected chi connectivity index (χ2v) is 9.47. The molecule has 0 N–H and O–H groups in total. The Hall–Kier alpha value is -1.45. The number of hydrogen-bond acceptors (Lipinski definition) is 4. The van der Waals surface area contributed by atoms with E-state index in [1.54, 1.807) is 6.08 Å². The Kier molecular flexibility index (Phi) is 4.36. The van der Waals surface area contributed by atoms with E-state index < -0.39 is 0 Å². The van der Waals surface area contributed by atoms with Crippen molar-refractivity contribution >= 4 is 17.3 Å². The zero-order valence-corrected chi connectivity index (χ0v) is 16.1. The first-order valence-corrected chi connectivity index (χ1v) is 10.2. The molecule has 0 spiro atoms. The van der Waals surface area contributed by atoms with Gasteiger partial charge in [0.2, 0.25) is 0 Å². The maximum Gasteiger partial charge on any atom is 0.139 e. The molecule has 0 bridgehead atoms. The van der Waals surface area contributed by atoms with Crippen molar-refractivity contribution in [3.05, 3.63) is 12.7 Å². The van der Waals surface area contributed by atoms with Crippen LogP contribution in [0.15, 0.2) is 17.8 Å². The van der Waals surface area contributed by atoms with Gasteiger partial charge in [-0.25, -0.2) is 0 Å². The highest BCUT2D eigenvalue weighted by Crippen LogP contribution is 2.64. The average molecular weight is 357 g/mol. The van der Waals surface area contributed by atoms with Gasteiger partial charge in [-0.3, -0.25) is 9.59 Å². The third-order valence-corrected chi connectivity index (χ3v) is 8.38. The zero-order valence-electron chi connectivity index (χ0n) is 16.1. The monoisotopic (exact) mass is 357 g/mol. The van der Waals surface area contributed by atoms with E-state index in [0.717, 1.165) is 44.2 Å². The molecule has 0 aromatic rings. The molecule has 0 aromatic carbocycles. The molecular weight excluding hydrogens is 326 g/mol. The molecule has 1 unspecified atom stereocenters. The van der Waals surface area contributed by atoms with Crippen LogP contribution in [0.5, 0.6) is 0 Å². The lowest BCUT2D eigenvalue weighted by atomic mass is 9.45. The van der Waals surface area contributed by atoms with E-state index in [0.29, 0.717) is 48.8 Å². The first kappa shape index (κ1) is 17.9. The Labute approximate surface area is 156 Å². The summed E-state index contributed by atoms with van der Waals surface area (Å²) >= 11 is 0. The minimum absolute atomic E-state index is 0.111. The smallest absolute Gasteiger partial charge is 0.139 e. The van der Waals surface area contributed by atoms with Crippen LogP contribution in [0.1, 0.15) is 65.2 Å². The molecule has 142 valence electrons. The lowest BCUT2D eigenvalue weighted by Crippen LogP contribution is -2.56. The van der Waals surface area contributed by atoms with Crippen molar-refractivity contribution in [1.82, 2.24) is 0 Å².